The van der Waals surface area contributed by atoms with Crippen molar-refractivity contribution in [1.29, 1.82) is 0 Å². The highest BCUT2D eigenvalue weighted by Crippen LogP contribution is 2.21. The molecule has 0 radical (unpaired) electrons. The molecule has 24 heavy (non-hydrogen) atoms. The summed E-state index contributed by atoms with van der Waals surface area (Å²) in [5.74, 6) is 0.671. The second-order valence-corrected chi connectivity index (χ2v) is 5.24. The molecule has 0 unspecified atom stereocenters. The monoisotopic (exact) mass is 321 g/mol. The number of rotatable bonds is 4. The van der Waals surface area contributed by atoms with E-state index in [1.54, 1.807) is 30.7 Å². The Morgan fingerprint density at radius 1 is 1.00 bits per heavy atom. The summed E-state index contributed by atoms with van der Waals surface area (Å²) in [4.78, 5) is 8.73. The Balaban J connectivity index is 1.53. The number of benzene rings is 1. The lowest BCUT2D eigenvalue weighted by Crippen LogP contribution is -1.91. The molecule has 0 saturated heterocycles. The van der Waals surface area contributed by atoms with E-state index in [0.717, 1.165) is 22.4 Å². The van der Waals surface area contributed by atoms with Gasteiger partial charge >= 0.3 is 0 Å². The molecule has 118 valence electrons. The first-order valence-electron chi connectivity index (χ1n) is 7.30. The van der Waals surface area contributed by atoms with Crippen molar-refractivity contribution in [3.05, 3.63) is 72.2 Å². The summed E-state index contributed by atoms with van der Waals surface area (Å²) >= 11 is 0. The minimum Gasteiger partial charge on any atom is -0.334 e. The van der Waals surface area contributed by atoms with Crippen LogP contribution in [-0.4, -0.2) is 25.3 Å². The topological polar surface area (TPSA) is 80.5 Å². The van der Waals surface area contributed by atoms with E-state index in [4.69, 9.17) is 4.52 Å². The maximum absolute atomic E-state index is 12.9. The van der Waals surface area contributed by atoms with Crippen molar-refractivity contribution in [3.8, 4) is 22.7 Å². The maximum Gasteiger partial charge on any atom is 0.259 e. The first-order chi connectivity index (χ1) is 11.8. The van der Waals surface area contributed by atoms with Gasteiger partial charge in [-0.25, -0.2) is 4.39 Å². The van der Waals surface area contributed by atoms with E-state index in [2.05, 4.69) is 25.3 Å². The standard InChI is InChI=1S/C17H12FN5O/c18-14-4-1-11(2-5-14)7-16-22-17(24-23-16)12-3-6-15(19-8-12)13-9-20-21-10-13/h1-6,8-10H,7H2,(H,20,21). The van der Waals surface area contributed by atoms with E-state index in [9.17, 15) is 4.39 Å². The molecule has 0 atom stereocenters. The van der Waals surface area contributed by atoms with Crippen LogP contribution in [-0.2, 0) is 6.42 Å². The van der Waals surface area contributed by atoms with E-state index in [1.807, 2.05) is 12.1 Å². The first-order valence-corrected chi connectivity index (χ1v) is 7.30. The average molecular weight is 321 g/mol. The Morgan fingerprint density at radius 2 is 1.88 bits per heavy atom. The molecule has 3 aromatic heterocycles. The zero-order valence-corrected chi connectivity index (χ0v) is 12.5. The van der Waals surface area contributed by atoms with Gasteiger partial charge in [-0.1, -0.05) is 17.3 Å². The summed E-state index contributed by atoms with van der Waals surface area (Å²) in [6.45, 7) is 0. The van der Waals surface area contributed by atoms with Crippen molar-refractivity contribution in [2.24, 2.45) is 0 Å². The number of hydrogen-bond acceptors (Lipinski definition) is 5. The van der Waals surface area contributed by atoms with Crippen LogP contribution < -0.4 is 0 Å². The van der Waals surface area contributed by atoms with Crippen LogP contribution >= 0.6 is 0 Å². The van der Waals surface area contributed by atoms with Crippen molar-refractivity contribution in [2.75, 3.05) is 0 Å². The molecule has 0 saturated carbocycles. The third-order valence-corrected chi connectivity index (χ3v) is 3.55. The normalized spacial score (nSPS) is 10.9. The van der Waals surface area contributed by atoms with Gasteiger partial charge in [0.1, 0.15) is 5.82 Å². The molecule has 4 rings (SSSR count). The lowest BCUT2D eigenvalue weighted by atomic mass is 10.1. The maximum atomic E-state index is 12.9. The Kier molecular flexibility index (Phi) is 3.59. The highest BCUT2D eigenvalue weighted by molar-refractivity contribution is 5.61. The molecule has 6 nitrogen and oxygen atoms in total. The summed E-state index contributed by atoms with van der Waals surface area (Å²) in [5.41, 5.74) is 3.36. The second-order valence-electron chi connectivity index (χ2n) is 5.24. The van der Waals surface area contributed by atoms with Crippen LogP contribution in [0.5, 0.6) is 0 Å². The van der Waals surface area contributed by atoms with E-state index in [1.165, 1.54) is 12.1 Å². The fraction of sp³-hybridized carbons (Fsp3) is 0.0588. The molecule has 0 bridgehead atoms. The molecule has 0 fully saturated rings. The van der Waals surface area contributed by atoms with Gasteiger partial charge in [-0.05, 0) is 29.8 Å². The van der Waals surface area contributed by atoms with E-state index in [-0.39, 0.29) is 5.82 Å². The predicted octanol–water partition coefficient (Wildman–Crippen LogP) is 3.25. The lowest BCUT2D eigenvalue weighted by molar-refractivity contribution is 0.424. The highest BCUT2D eigenvalue weighted by Gasteiger charge is 2.10. The van der Waals surface area contributed by atoms with Crippen LogP contribution in [0, 0.1) is 5.82 Å². The molecular weight excluding hydrogens is 309 g/mol. The van der Waals surface area contributed by atoms with Crippen LogP contribution in [0.25, 0.3) is 22.7 Å². The fourth-order valence-electron chi connectivity index (χ4n) is 2.31. The van der Waals surface area contributed by atoms with Crippen molar-refractivity contribution in [2.45, 2.75) is 6.42 Å². The van der Waals surface area contributed by atoms with Gasteiger partial charge in [0.15, 0.2) is 5.82 Å². The molecular formula is C17H12FN5O. The number of halogens is 1. The number of aromatic amines is 1. The number of aromatic nitrogens is 5. The zero-order chi connectivity index (χ0) is 16.4. The number of H-pyrrole nitrogens is 1. The number of hydrogen-bond donors (Lipinski definition) is 1. The van der Waals surface area contributed by atoms with Crippen LogP contribution in [0.1, 0.15) is 11.4 Å². The third-order valence-electron chi connectivity index (χ3n) is 3.55. The summed E-state index contributed by atoms with van der Waals surface area (Å²) in [5, 5.41) is 10.6. The molecule has 1 N–H and O–H groups in total. The van der Waals surface area contributed by atoms with Crippen molar-refractivity contribution in [3.63, 3.8) is 0 Å². The van der Waals surface area contributed by atoms with Gasteiger partial charge in [0.05, 0.1) is 17.5 Å². The van der Waals surface area contributed by atoms with Gasteiger partial charge in [0, 0.05) is 24.4 Å². The van der Waals surface area contributed by atoms with Crippen LogP contribution in [0.4, 0.5) is 4.39 Å². The molecule has 0 spiro atoms. The molecule has 0 amide bonds. The van der Waals surface area contributed by atoms with Crippen molar-refractivity contribution in [1.82, 2.24) is 25.3 Å². The van der Waals surface area contributed by atoms with Crippen LogP contribution in [0.15, 0.2) is 59.5 Å². The summed E-state index contributed by atoms with van der Waals surface area (Å²) in [6.07, 6.45) is 5.63. The molecule has 0 aliphatic rings. The van der Waals surface area contributed by atoms with Gasteiger partial charge in [0.2, 0.25) is 0 Å². The molecule has 0 aliphatic heterocycles. The van der Waals surface area contributed by atoms with Crippen molar-refractivity contribution >= 4 is 0 Å². The number of nitrogens with zero attached hydrogens (tertiary/aromatic N) is 4. The quantitative estimate of drug-likeness (QED) is 0.624. The van der Waals surface area contributed by atoms with Crippen molar-refractivity contribution < 1.29 is 8.91 Å². The van der Waals surface area contributed by atoms with E-state index in [0.29, 0.717) is 18.1 Å². The predicted molar refractivity (Wildman–Crippen MR) is 84.3 cm³/mol. The van der Waals surface area contributed by atoms with Crippen LogP contribution in [0.3, 0.4) is 0 Å². The van der Waals surface area contributed by atoms with E-state index < -0.39 is 0 Å². The average Bonchev–Trinajstić information content (AvgIpc) is 3.29. The molecule has 7 heteroatoms. The molecule has 0 aliphatic carbocycles. The lowest BCUT2D eigenvalue weighted by Gasteiger charge is -1.97. The summed E-state index contributed by atoms with van der Waals surface area (Å²) in [6, 6.07) is 9.96. The Morgan fingerprint density at radius 3 is 2.58 bits per heavy atom. The van der Waals surface area contributed by atoms with Gasteiger partial charge in [-0.3, -0.25) is 10.1 Å². The smallest absolute Gasteiger partial charge is 0.259 e. The van der Waals surface area contributed by atoms with Gasteiger partial charge in [-0.2, -0.15) is 10.1 Å². The fourth-order valence-corrected chi connectivity index (χ4v) is 2.31. The van der Waals surface area contributed by atoms with E-state index >= 15 is 0 Å². The molecule has 3 heterocycles. The summed E-state index contributed by atoms with van der Waals surface area (Å²) in [7, 11) is 0. The minimum atomic E-state index is -0.267. The molecule has 4 aromatic rings. The highest BCUT2D eigenvalue weighted by atomic mass is 19.1. The second kappa shape index (κ2) is 6.04. The van der Waals surface area contributed by atoms with Gasteiger partial charge in [0.25, 0.3) is 5.89 Å². The van der Waals surface area contributed by atoms with Gasteiger partial charge < -0.3 is 4.52 Å². The molecule has 1 aromatic carbocycles. The largest absolute Gasteiger partial charge is 0.334 e. The Bertz CT molecular complexity index is 930. The number of pyridine rings is 1. The summed E-state index contributed by atoms with van der Waals surface area (Å²) < 4.78 is 18.2. The number of nitrogens with one attached hydrogen (secondary N) is 1. The third kappa shape index (κ3) is 2.91. The van der Waals surface area contributed by atoms with Gasteiger partial charge in [-0.15, -0.1) is 0 Å². The first kappa shape index (κ1) is 14.3. The zero-order valence-electron chi connectivity index (χ0n) is 12.5. The Labute approximate surface area is 136 Å². The van der Waals surface area contributed by atoms with Crippen LogP contribution in [0.2, 0.25) is 0 Å². The SMILES string of the molecule is Fc1ccc(Cc2noc(-c3ccc(-c4cn[nH]c4)nc3)n2)cc1. The Hall–Kier alpha value is -3.35. The minimum absolute atomic E-state index is 0.267.